The maximum atomic E-state index is 12.1. The maximum absolute atomic E-state index is 12.1. The Hall–Kier alpha value is -1.62. The van der Waals surface area contributed by atoms with E-state index in [1.165, 1.54) is 0 Å². The zero-order chi connectivity index (χ0) is 16.5. The van der Waals surface area contributed by atoms with Gasteiger partial charge in [-0.15, -0.1) is 0 Å². The van der Waals surface area contributed by atoms with Crippen molar-refractivity contribution < 1.29 is 4.79 Å². The van der Waals surface area contributed by atoms with Gasteiger partial charge in [0.1, 0.15) is 0 Å². The first kappa shape index (κ1) is 18.4. The van der Waals surface area contributed by atoms with Gasteiger partial charge in [0.15, 0.2) is 5.11 Å². The standard InChI is InChI=1S/C17H27N3OS/c1-5-9-13(4)16(21)18-14-10-8-11-15(12-14)19-17(22)20(6-2)7-3/h8,10-13H,5-7,9H2,1-4H3,(H,18,21)(H,19,22). The van der Waals surface area contributed by atoms with E-state index in [0.29, 0.717) is 5.11 Å². The molecule has 1 unspecified atom stereocenters. The van der Waals surface area contributed by atoms with Crippen LogP contribution in [0.15, 0.2) is 24.3 Å². The number of anilines is 2. The fourth-order valence-corrected chi connectivity index (χ4v) is 2.59. The second-order valence-electron chi connectivity index (χ2n) is 5.36. The number of thiocarbonyl (C=S) groups is 1. The Kier molecular flexibility index (Phi) is 7.88. The minimum absolute atomic E-state index is 0.0263. The Morgan fingerprint density at radius 2 is 1.77 bits per heavy atom. The molecule has 122 valence electrons. The zero-order valence-corrected chi connectivity index (χ0v) is 14.8. The molecular formula is C17H27N3OS. The van der Waals surface area contributed by atoms with Crippen molar-refractivity contribution in [1.29, 1.82) is 0 Å². The van der Waals surface area contributed by atoms with E-state index in [0.717, 1.165) is 37.3 Å². The van der Waals surface area contributed by atoms with Crippen molar-refractivity contribution >= 4 is 34.6 Å². The van der Waals surface area contributed by atoms with Crippen molar-refractivity contribution in [3.05, 3.63) is 24.3 Å². The van der Waals surface area contributed by atoms with Crippen molar-refractivity contribution in [1.82, 2.24) is 4.90 Å². The summed E-state index contributed by atoms with van der Waals surface area (Å²) in [6.07, 6.45) is 1.91. The van der Waals surface area contributed by atoms with E-state index in [4.69, 9.17) is 12.2 Å². The summed E-state index contributed by atoms with van der Waals surface area (Å²) in [4.78, 5) is 14.1. The number of hydrogen-bond donors (Lipinski definition) is 2. The van der Waals surface area contributed by atoms with Crippen LogP contribution in [0.5, 0.6) is 0 Å². The summed E-state index contributed by atoms with van der Waals surface area (Å²) >= 11 is 5.39. The van der Waals surface area contributed by atoms with Gasteiger partial charge in [0.25, 0.3) is 0 Å². The maximum Gasteiger partial charge on any atom is 0.227 e. The fourth-order valence-electron chi connectivity index (χ4n) is 2.22. The third-order valence-corrected chi connectivity index (χ3v) is 3.96. The minimum Gasteiger partial charge on any atom is -0.350 e. The predicted octanol–water partition coefficient (Wildman–Crippen LogP) is 4.10. The lowest BCUT2D eigenvalue weighted by Gasteiger charge is -2.22. The van der Waals surface area contributed by atoms with Gasteiger partial charge in [0, 0.05) is 30.4 Å². The van der Waals surface area contributed by atoms with Gasteiger partial charge in [-0.3, -0.25) is 4.79 Å². The molecule has 1 aromatic rings. The molecule has 1 rings (SSSR count). The molecule has 0 aliphatic rings. The third kappa shape index (κ3) is 5.64. The topological polar surface area (TPSA) is 44.4 Å². The van der Waals surface area contributed by atoms with Crippen molar-refractivity contribution in [3.63, 3.8) is 0 Å². The number of benzene rings is 1. The van der Waals surface area contributed by atoms with Gasteiger partial charge >= 0.3 is 0 Å². The van der Waals surface area contributed by atoms with Crippen LogP contribution in [0.3, 0.4) is 0 Å². The molecule has 0 saturated heterocycles. The molecule has 0 radical (unpaired) electrons. The molecule has 4 nitrogen and oxygen atoms in total. The lowest BCUT2D eigenvalue weighted by Crippen LogP contribution is -2.34. The van der Waals surface area contributed by atoms with Crippen LogP contribution in [0.4, 0.5) is 11.4 Å². The van der Waals surface area contributed by atoms with Crippen LogP contribution in [0.2, 0.25) is 0 Å². The Morgan fingerprint density at radius 1 is 1.18 bits per heavy atom. The molecule has 1 amide bonds. The molecule has 0 aromatic heterocycles. The molecule has 1 aromatic carbocycles. The highest BCUT2D eigenvalue weighted by molar-refractivity contribution is 7.80. The Morgan fingerprint density at radius 3 is 2.32 bits per heavy atom. The van der Waals surface area contributed by atoms with Crippen LogP contribution in [-0.4, -0.2) is 29.0 Å². The van der Waals surface area contributed by atoms with Crippen LogP contribution in [0.25, 0.3) is 0 Å². The highest BCUT2D eigenvalue weighted by Crippen LogP contribution is 2.17. The highest BCUT2D eigenvalue weighted by atomic mass is 32.1. The Labute approximate surface area is 139 Å². The first-order valence-corrected chi connectivity index (χ1v) is 8.39. The average Bonchev–Trinajstić information content (AvgIpc) is 2.49. The molecule has 5 heteroatoms. The fraction of sp³-hybridized carbons (Fsp3) is 0.529. The third-order valence-electron chi connectivity index (χ3n) is 3.60. The summed E-state index contributed by atoms with van der Waals surface area (Å²) in [5.74, 6) is 0.0867. The number of carbonyl (C=O) groups excluding carboxylic acids is 1. The number of hydrogen-bond acceptors (Lipinski definition) is 2. The van der Waals surface area contributed by atoms with E-state index >= 15 is 0 Å². The van der Waals surface area contributed by atoms with Gasteiger partial charge in [-0.25, -0.2) is 0 Å². The monoisotopic (exact) mass is 321 g/mol. The molecule has 0 spiro atoms. The molecule has 0 saturated carbocycles. The van der Waals surface area contributed by atoms with E-state index in [1.54, 1.807) is 0 Å². The van der Waals surface area contributed by atoms with Crippen LogP contribution < -0.4 is 10.6 Å². The summed E-state index contributed by atoms with van der Waals surface area (Å²) in [6.45, 7) is 9.92. The Balaban J connectivity index is 2.70. The van der Waals surface area contributed by atoms with E-state index in [-0.39, 0.29) is 11.8 Å². The smallest absolute Gasteiger partial charge is 0.227 e. The second-order valence-corrected chi connectivity index (χ2v) is 5.75. The van der Waals surface area contributed by atoms with Crippen molar-refractivity contribution in [2.45, 2.75) is 40.5 Å². The van der Waals surface area contributed by atoms with Gasteiger partial charge in [-0.05, 0) is 50.7 Å². The lowest BCUT2D eigenvalue weighted by molar-refractivity contribution is -0.119. The summed E-state index contributed by atoms with van der Waals surface area (Å²) < 4.78 is 0. The first-order valence-electron chi connectivity index (χ1n) is 7.98. The van der Waals surface area contributed by atoms with E-state index in [9.17, 15) is 4.79 Å². The predicted molar refractivity (Wildman–Crippen MR) is 98.3 cm³/mol. The van der Waals surface area contributed by atoms with Crippen LogP contribution >= 0.6 is 12.2 Å². The molecule has 0 bridgehead atoms. The summed E-state index contributed by atoms with van der Waals surface area (Å²) in [5.41, 5.74) is 1.68. The normalized spacial score (nSPS) is 11.6. The number of nitrogens with one attached hydrogen (secondary N) is 2. The van der Waals surface area contributed by atoms with Crippen molar-refractivity contribution in [3.8, 4) is 0 Å². The number of rotatable bonds is 7. The molecule has 1 atom stereocenters. The van der Waals surface area contributed by atoms with Crippen LogP contribution in [0.1, 0.15) is 40.5 Å². The van der Waals surface area contributed by atoms with E-state index < -0.39 is 0 Å². The molecule has 22 heavy (non-hydrogen) atoms. The molecule has 0 aliphatic carbocycles. The van der Waals surface area contributed by atoms with Gasteiger partial charge in [0.2, 0.25) is 5.91 Å². The van der Waals surface area contributed by atoms with Gasteiger partial charge in [-0.2, -0.15) is 0 Å². The summed E-state index contributed by atoms with van der Waals surface area (Å²) in [6, 6.07) is 7.66. The quantitative estimate of drug-likeness (QED) is 0.742. The van der Waals surface area contributed by atoms with Crippen molar-refractivity contribution in [2.24, 2.45) is 5.92 Å². The first-order chi connectivity index (χ1) is 10.5. The average molecular weight is 321 g/mol. The summed E-state index contributed by atoms with van der Waals surface area (Å²) in [5, 5.41) is 6.88. The highest BCUT2D eigenvalue weighted by Gasteiger charge is 2.12. The molecule has 2 N–H and O–H groups in total. The number of carbonyl (C=O) groups is 1. The SMILES string of the molecule is CCCC(C)C(=O)Nc1cccc(NC(=S)N(CC)CC)c1. The van der Waals surface area contributed by atoms with Crippen LogP contribution in [0, 0.1) is 5.92 Å². The van der Waals surface area contributed by atoms with Gasteiger partial charge < -0.3 is 15.5 Å². The van der Waals surface area contributed by atoms with Crippen LogP contribution in [-0.2, 0) is 4.79 Å². The molecule has 0 aliphatic heterocycles. The van der Waals surface area contributed by atoms with Gasteiger partial charge in [0.05, 0.1) is 0 Å². The summed E-state index contributed by atoms with van der Waals surface area (Å²) in [7, 11) is 0. The molecule has 0 fully saturated rings. The number of nitrogens with zero attached hydrogens (tertiary/aromatic N) is 1. The molecular weight excluding hydrogens is 294 g/mol. The van der Waals surface area contributed by atoms with Gasteiger partial charge in [-0.1, -0.05) is 26.3 Å². The second kappa shape index (κ2) is 9.41. The minimum atomic E-state index is 0.0263. The Bertz CT molecular complexity index is 500. The van der Waals surface area contributed by atoms with Crippen molar-refractivity contribution in [2.75, 3.05) is 23.7 Å². The van der Waals surface area contributed by atoms with E-state index in [2.05, 4.69) is 36.3 Å². The zero-order valence-electron chi connectivity index (χ0n) is 14.0. The van der Waals surface area contributed by atoms with E-state index in [1.807, 2.05) is 31.2 Å². The number of amides is 1. The largest absolute Gasteiger partial charge is 0.350 e. The molecule has 0 heterocycles. The lowest BCUT2D eigenvalue weighted by atomic mass is 10.1.